The van der Waals surface area contributed by atoms with E-state index in [1.807, 2.05) is 42.5 Å². The summed E-state index contributed by atoms with van der Waals surface area (Å²) in [5.41, 5.74) is 3.74. The average molecular weight is 580 g/mol. The minimum Gasteiger partial charge on any atom is -0.457 e. The molecule has 0 bridgehead atoms. The highest BCUT2D eigenvalue weighted by atomic mass is 32.1. The Bertz CT molecular complexity index is 1450. The van der Waals surface area contributed by atoms with Gasteiger partial charge in [0.15, 0.2) is 0 Å². The van der Waals surface area contributed by atoms with Crippen LogP contribution in [0.5, 0.6) is 17.2 Å². The van der Waals surface area contributed by atoms with Crippen molar-refractivity contribution < 1.29 is 27.4 Å². The number of hydrogen-bond acceptors (Lipinski definition) is 6. The summed E-state index contributed by atoms with van der Waals surface area (Å²) in [6.07, 6.45) is -4.77. The lowest BCUT2D eigenvalue weighted by Crippen LogP contribution is -2.35. The van der Waals surface area contributed by atoms with Gasteiger partial charge in [0.05, 0.1) is 5.51 Å². The van der Waals surface area contributed by atoms with E-state index in [0.717, 1.165) is 31.1 Å². The molecule has 6 nitrogen and oxygen atoms in total. The van der Waals surface area contributed by atoms with Crippen LogP contribution in [0, 0.1) is 17.8 Å². The van der Waals surface area contributed by atoms with Crippen molar-refractivity contribution in [2.24, 2.45) is 17.8 Å². The number of likely N-dealkylation sites (tertiary alicyclic amines) is 1. The van der Waals surface area contributed by atoms with Crippen LogP contribution in [0.15, 0.2) is 89.8 Å². The van der Waals surface area contributed by atoms with Crippen LogP contribution in [0.2, 0.25) is 0 Å². The zero-order valence-corrected chi connectivity index (χ0v) is 22.9. The maximum atomic E-state index is 13.3. The number of amides is 1. The number of carbonyl (C=O) groups excluding carboxylic acids is 1. The van der Waals surface area contributed by atoms with Crippen molar-refractivity contribution in [3.63, 3.8) is 0 Å². The van der Waals surface area contributed by atoms with E-state index in [4.69, 9.17) is 4.74 Å². The second kappa shape index (κ2) is 11.5. The predicted molar refractivity (Wildman–Crippen MR) is 149 cm³/mol. The molecule has 2 aliphatic rings. The number of hydrogen-bond donors (Lipinski definition) is 0. The van der Waals surface area contributed by atoms with Gasteiger partial charge in [-0.05, 0) is 65.3 Å². The highest BCUT2D eigenvalue weighted by Gasteiger charge is 2.55. The summed E-state index contributed by atoms with van der Waals surface area (Å²) in [7, 11) is 0. The third-order valence-electron chi connectivity index (χ3n) is 7.63. The normalized spacial score (nSPS) is 19.9. The minimum absolute atomic E-state index is 0.183. The molecule has 2 atom stereocenters. The Balaban J connectivity index is 1.05. The summed E-state index contributed by atoms with van der Waals surface area (Å²) in [6.45, 7) is 3.47. The number of halogens is 3. The maximum absolute atomic E-state index is 13.3. The van der Waals surface area contributed by atoms with Crippen molar-refractivity contribution in [2.45, 2.75) is 19.5 Å². The molecule has 2 fully saturated rings. The fourth-order valence-electron chi connectivity index (χ4n) is 5.70. The number of benzene rings is 3. The number of carbonyl (C=O) groups is 1. The standard InChI is InChI=1S/C31H28F3N3O3S/c32-31(33,34)40-25-8-4-5-22(13-25)15-37(30(38)29-19-41-20-35-29)18-28-26-16-36(17-27(26)28)14-21-9-11-24(12-10-21)39-23-6-2-1-3-7-23/h1-13,19-20,26-28H,14-18H2. The monoisotopic (exact) mass is 579 g/mol. The van der Waals surface area contributed by atoms with Crippen LogP contribution in [-0.4, -0.2) is 46.7 Å². The molecule has 1 saturated heterocycles. The smallest absolute Gasteiger partial charge is 0.457 e. The zero-order valence-electron chi connectivity index (χ0n) is 22.0. The Labute approximate surface area is 240 Å². The number of rotatable bonds is 10. The van der Waals surface area contributed by atoms with E-state index in [1.165, 1.54) is 35.1 Å². The fraction of sp³-hybridized carbons (Fsp3) is 0.290. The topological polar surface area (TPSA) is 54.9 Å². The Morgan fingerprint density at radius 2 is 1.63 bits per heavy atom. The van der Waals surface area contributed by atoms with Crippen LogP contribution >= 0.6 is 11.3 Å². The number of alkyl halides is 3. The van der Waals surface area contributed by atoms with Gasteiger partial charge in [-0.25, -0.2) is 4.98 Å². The molecule has 1 aromatic heterocycles. The molecular formula is C31H28F3N3O3S. The quantitative estimate of drug-likeness (QED) is 0.206. The summed E-state index contributed by atoms with van der Waals surface area (Å²) in [5.74, 6) is 2.41. The highest BCUT2D eigenvalue weighted by Crippen LogP contribution is 2.52. The molecule has 6 rings (SSSR count). The number of nitrogens with zero attached hydrogens (tertiary/aromatic N) is 3. The van der Waals surface area contributed by atoms with Crippen LogP contribution in [-0.2, 0) is 13.1 Å². The van der Waals surface area contributed by atoms with Crippen molar-refractivity contribution in [1.29, 1.82) is 0 Å². The van der Waals surface area contributed by atoms with Gasteiger partial charge >= 0.3 is 6.36 Å². The minimum atomic E-state index is -4.77. The Morgan fingerprint density at radius 1 is 0.927 bits per heavy atom. The average Bonchev–Trinajstić information content (AvgIpc) is 3.33. The van der Waals surface area contributed by atoms with Crippen molar-refractivity contribution in [3.05, 3.63) is 107 Å². The van der Waals surface area contributed by atoms with Gasteiger partial charge in [0, 0.05) is 38.1 Å². The molecule has 1 aliphatic carbocycles. The molecule has 0 radical (unpaired) electrons. The van der Waals surface area contributed by atoms with E-state index in [9.17, 15) is 18.0 Å². The Kier molecular flexibility index (Phi) is 7.68. The summed E-state index contributed by atoms with van der Waals surface area (Å²) in [5, 5.41) is 1.70. The second-order valence-electron chi connectivity index (χ2n) is 10.5. The van der Waals surface area contributed by atoms with Crippen molar-refractivity contribution >= 4 is 17.2 Å². The summed E-state index contributed by atoms with van der Waals surface area (Å²) in [6, 6.07) is 23.6. The second-order valence-corrected chi connectivity index (χ2v) is 11.2. The van der Waals surface area contributed by atoms with Gasteiger partial charge in [0.2, 0.25) is 0 Å². The first kappa shape index (κ1) is 27.3. The number of fused-ring (bicyclic) bond motifs is 1. The third kappa shape index (κ3) is 6.89. The molecule has 41 heavy (non-hydrogen) atoms. The molecule has 212 valence electrons. The number of para-hydroxylation sites is 1. The SMILES string of the molecule is O=C(c1cscn1)N(Cc1cccc(OC(F)(F)F)c1)CC1C2CN(Cc3ccc(Oc4ccccc4)cc3)CC21. The van der Waals surface area contributed by atoms with E-state index in [2.05, 4.69) is 26.8 Å². The van der Waals surface area contributed by atoms with Crippen molar-refractivity contribution in [3.8, 4) is 17.2 Å². The van der Waals surface area contributed by atoms with E-state index >= 15 is 0 Å². The van der Waals surface area contributed by atoms with Gasteiger partial charge in [-0.2, -0.15) is 0 Å². The van der Waals surface area contributed by atoms with Crippen LogP contribution < -0.4 is 9.47 Å². The van der Waals surface area contributed by atoms with Gasteiger partial charge in [0.1, 0.15) is 22.9 Å². The fourth-order valence-corrected chi connectivity index (χ4v) is 6.22. The maximum Gasteiger partial charge on any atom is 0.573 e. The lowest BCUT2D eigenvalue weighted by Gasteiger charge is -2.25. The summed E-state index contributed by atoms with van der Waals surface area (Å²) < 4.78 is 48.1. The molecule has 1 saturated carbocycles. The number of ether oxygens (including phenoxy) is 2. The molecule has 2 heterocycles. The summed E-state index contributed by atoms with van der Waals surface area (Å²) >= 11 is 1.34. The van der Waals surface area contributed by atoms with E-state index < -0.39 is 6.36 Å². The molecule has 3 aromatic carbocycles. The van der Waals surface area contributed by atoms with Crippen LogP contribution in [0.3, 0.4) is 0 Å². The molecule has 0 N–H and O–H groups in total. The van der Waals surface area contributed by atoms with Gasteiger partial charge in [-0.1, -0.05) is 42.5 Å². The molecule has 2 unspecified atom stereocenters. The molecular weight excluding hydrogens is 551 g/mol. The van der Waals surface area contributed by atoms with Gasteiger partial charge in [0.25, 0.3) is 5.91 Å². The van der Waals surface area contributed by atoms with Gasteiger partial charge in [-0.15, -0.1) is 24.5 Å². The summed E-state index contributed by atoms with van der Waals surface area (Å²) in [4.78, 5) is 21.6. The molecule has 1 amide bonds. The largest absolute Gasteiger partial charge is 0.573 e. The third-order valence-corrected chi connectivity index (χ3v) is 8.22. The molecule has 10 heteroatoms. The van der Waals surface area contributed by atoms with Crippen LogP contribution in [0.1, 0.15) is 21.6 Å². The first-order chi connectivity index (χ1) is 19.8. The number of thiazole rings is 1. The van der Waals surface area contributed by atoms with E-state index in [1.54, 1.807) is 21.9 Å². The van der Waals surface area contributed by atoms with E-state index in [0.29, 0.717) is 35.6 Å². The van der Waals surface area contributed by atoms with Gasteiger partial charge in [-0.3, -0.25) is 9.69 Å². The number of piperidine rings is 1. The molecule has 4 aromatic rings. The predicted octanol–water partition coefficient (Wildman–Crippen LogP) is 6.85. The first-order valence-corrected chi connectivity index (χ1v) is 14.3. The van der Waals surface area contributed by atoms with Crippen molar-refractivity contribution in [2.75, 3.05) is 19.6 Å². The highest BCUT2D eigenvalue weighted by molar-refractivity contribution is 7.07. The Hall–Kier alpha value is -3.89. The van der Waals surface area contributed by atoms with Crippen molar-refractivity contribution in [1.82, 2.24) is 14.8 Å². The Morgan fingerprint density at radius 3 is 2.32 bits per heavy atom. The zero-order chi connectivity index (χ0) is 28.4. The lowest BCUT2D eigenvalue weighted by molar-refractivity contribution is -0.274. The van der Waals surface area contributed by atoms with Crippen LogP contribution in [0.25, 0.3) is 0 Å². The lowest BCUT2D eigenvalue weighted by atomic mass is 10.1. The van der Waals surface area contributed by atoms with Gasteiger partial charge < -0.3 is 14.4 Å². The number of aromatic nitrogens is 1. The van der Waals surface area contributed by atoms with E-state index in [-0.39, 0.29) is 18.2 Å². The molecule has 0 spiro atoms. The molecule has 1 aliphatic heterocycles. The first-order valence-electron chi connectivity index (χ1n) is 13.4. The van der Waals surface area contributed by atoms with Crippen LogP contribution in [0.4, 0.5) is 13.2 Å².